The first kappa shape index (κ1) is 14.8. The molecule has 1 aliphatic rings. The summed E-state index contributed by atoms with van der Waals surface area (Å²) in [4.78, 5) is 11.5. The highest BCUT2D eigenvalue weighted by atomic mass is 19.1. The van der Waals surface area contributed by atoms with Gasteiger partial charge >= 0.3 is 5.97 Å². The molecule has 1 aliphatic carbocycles. The second kappa shape index (κ2) is 6.22. The fraction of sp³-hybridized carbons (Fsp3) is 0.533. The second-order valence-corrected chi connectivity index (χ2v) is 5.25. The molecule has 1 fully saturated rings. The molecular weight excluding hydrogens is 261 g/mol. The van der Waals surface area contributed by atoms with E-state index in [1.165, 1.54) is 12.1 Å². The number of carbonyl (C=O) groups is 1. The standard InChI is InChI=1S/C15H20FNO3/c1-2-8-17-15(14(18)19)7-6-13(10-15)20-12-5-3-4-11(16)9-12/h3-5,9,13,17H,2,6-8,10H2,1H3,(H,18,19). The van der Waals surface area contributed by atoms with Crippen LogP contribution < -0.4 is 10.1 Å². The zero-order chi connectivity index (χ0) is 14.6. The van der Waals surface area contributed by atoms with Gasteiger partial charge in [0.25, 0.3) is 0 Å². The van der Waals surface area contributed by atoms with Crippen molar-refractivity contribution in [3.05, 3.63) is 30.1 Å². The zero-order valence-electron chi connectivity index (χ0n) is 11.6. The highest BCUT2D eigenvalue weighted by molar-refractivity contribution is 5.79. The molecule has 4 nitrogen and oxygen atoms in total. The Balaban J connectivity index is 2.01. The van der Waals surface area contributed by atoms with Gasteiger partial charge in [-0.25, -0.2) is 4.39 Å². The monoisotopic (exact) mass is 281 g/mol. The summed E-state index contributed by atoms with van der Waals surface area (Å²) in [5.41, 5.74) is -0.909. The maximum absolute atomic E-state index is 13.1. The minimum atomic E-state index is -0.909. The van der Waals surface area contributed by atoms with Crippen LogP contribution in [0, 0.1) is 5.82 Å². The second-order valence-electron chi connectivity index (χ2n) is 5.25. The molecular formula is C15H20FNO3. The molecule has 1 aromatic rings. The third kappa shape index (κ3) is 3.28. The van der Waals surface area contributed by atoms with Crippen LogP contribution in [0.25, 0.3) is 0 Å². The van der Waals surface area contributed by atoms with E-state index in [-0.39, 0.29) is 11.9 Å². The number of hydrogen-bond donors (Lipinski definition) is 2. The number of halogens is 1. The largest absolute Gasteiger partial charge is 0.490 e. The topological polar surface area (TPSA) is 58.6 Å². The average Bonchev–Trinajstić information content (AvgIpc) is 2.81. The SMILES string of the molecule is CCCNC1(C(=O)O)CCC(Oc2cccc(F)c2)C1. The minimum Gasteiger partial charge on any atom is -0.490 e. The summed E-state index contributed by atoms with van der Waals surface area (Å²) >= 11 is 0. The van der Waals surface area contributed by atoms with Crippen LogP contribution in [0.4, 0.5) is 4.39 Å². The van der Waals surface area contributed by atoms with Crippen LogP contribution in [0.15, 0.2) is 24.3 Å². The van der Waals surface area contributed by atoms with Gasteiger partial charge in [-0.15, -0.1) is 0 Å². The van der Waals surface area contributed by atoms with Gasteiger partial charge in [0, 0.05) is 12.5 Å². The third-order valence-electron chi connectivity index (χ3n) is 3.69. The summed E-state index contributed by atoms with van der Waals surface area (Å²) in [6.07, 6.45) is 2.27. The van der Waals surface area contributed by atoms with E-state index in [0.29, 0.717) is 31.6 Å². The summed E-state index contributed by atoms with van der Waals surface area (Å²) in [6.45, 7) is 2.66. The fourth-order valence-corrected chi connectivity index (χ4v) is 2.63. The van der Waals surface area contributed by atoms with Crippen molar-refractivity contribution in [3.63, 3.8) is 0 Å². The zero-order valence-corrected chi connectivity index (χ0v) is 11.6. The molecule has 0 spiro atoms. The van der Waals surface area contributed by atoms with Crippen molar-refractivity contribution >= 4 is 5.97 Å². The maximum atomic E-state index is 13.1. The van der Waals surface area contributed by atoms with Crippen LogP contribution >= 0.6 is 0 Å². The Kier molecular flexibility index (Phi) is 4.60. The van der Waals surface area contributed by atoms with Crippen LogP contribution in [-0.2, 0) is 4.79 Å². The van der Waals surface area contributed by atoms with Crippen molar-refractivity contribution in [2.75, 3.05) is 6.54 Å². The Labute approximate surface area is 117 Å². The summed E-state index contributed by atoms with van der Waals surface area (Å²) < 4.78 is 18.8. The molecule has 2 unspecified atom stereocenters. The Bertz CT molecular complexity index is 480. The Morgan fingerprint density at radius 3 is 3.05 bits per heavy atom. The summed E-state index contributed by atoms with van der Waals surface area (Å²) in [7, 11) is 0. The quantitative estimate of drug-likeness (QED) is 0.841. The van der Waals surface area contributed by atoms with Crippen molar-refractivity contribution in [1.29, 1.82) is 0 Å². The van der Waals surface area contributed by atoms with Gasteiger partial charge in [0.2, 0.25) is 0 Å². The third-order valence-corrected chi connectivity index (χ3v) is 3.69. The van der Waals surface area contributed by atoms with Crippen LogP contribution in [0.1, 0.15) is 32.6 Å². The van der Waals surface area contributed by atoms with E-state index < -0.39 is 11.5 Å². The van der Waals surface area contributed by atoms with Gasteiger partial charge in [0.1, 0.15) is 23.2 Å². The van der Waals surface area contributed by atoms with Crippen LogP contribution in [0.5, 0.6) is 5.75 Å². The van der Waals surface area contributed by atoms with Gasteiger partial charge < -0.3 is 15.2 Å². The van der Waals surface area contributed by atoms with E-state index in [4.69, 9.17) is 4.74 Å². The van der Waals surface area contributed by atoms with Crippen molar-refractivity contribution in [2.24, 2.45) is 0 Å². The van der Waals surface area contributed by atoms with Gasteiger partial charge in [0.15, 0.2) is 0 Å². The van der Waals surface area contributed by atoms with Gasteiger partial charge in [-0.05, 0) is 37.9 Å². The summed E-state index contributed by atoms with van der Waals surface area (Å²) in [5, 5.41) is 12.6. The molecule has 110 valence electrons. The van der Waals surface area contributed by atoms with Crippen molar-refractivity contribution < 1.29 is 19.0 Å². The maximum Gasteiger partial charge on any atom is 0.324 e. The molecule has 2 N–H and O–H groups in total. The lowest BCUT2D eigenvalue weighted by Crippen LogP contribution is -2.50. The van der Waals surface area contributed by atoms with Crippen molar-refractivity contribution in [3.8, 4) is 5.75 Å². The number of benzene rings is 1. The van der Waals surface area contributed by atoms with Crippen LogP contribution in [-0.4, -0.2) is 29.3 Å². The average molecular weight is 281 g/mol. The van der Waals surface area contributed by atoms with E-state index in [1.54, 1.807) is 12.1 Å². The predicted molar refractivity (Wildman–Crippen MR) is 73.3 cm³/mol. The number of aliphatic carboxylic acids is 1. The highest BCUT2D eigenvalue weighted by Gasteiger charge is 2.46. The van der Waals surface area contributed by atoms with Crippen molar-refractivity contribution in [2.45, 2.75) is 44.2 Å². The number of ether oxygens (including phenoxy) is 1. The molecule has 0 aromatic heterocycles. The van der Waals surface area contributed by atoms with Gasteiger partial charge in [-0.3, -0.25) is 4.79 Å². The number of carboxylic acids is 1. The molecule has 1 aromatic carbocycles. The lowest BCUT2D eigenvalue weighted by molar-refractivity contribution is -0.144. The molecule has 20 heavy (non-hydrogen) atoms. The molecule has 0 saturated heterocycles. The predicted octanol–water partition coefficient (Wildman–Crippen LogP) is 2.58. The van der Waals surface area contributed by atoms with Crippen LogP contribution in [0.2, 0.25) is 0 Å². The molecule has 0 heterocycles. The first-order valence-electron chi connectivity index (χ1n) is 6.96. The van der Waals surface area contributed by atoms with Gasteiger partial charge in [-0.2, -0.15) is 0 Å². The first-order chi connectivity index (χ1) is 9.55. The Hall–Kier alpha value is -1.62. The molecule has 0 aliphatic heterocycles. The number of rotatable bonds is 6. The number of hydrogen-bond acceptors (Lipinski definition) is 3. The van der Waals surface area contributed by atoms with E-state index >= 15 is 0 Å². The Morgan fingerprint density at radius 2 is 2.40 bits per heavy atom. The molecule has 2 atom stereocenters. The fourth-order valence-electron chi connectivity index (χ4n) is 2.63. The molecule has 5 heteroatoms. The summed E-state index contributed by atoms with van der Waals surface area (Å²) in [5.74, 6) is -0.739. The lowest BCUT2D eigenvalue weighted by atomic mass is 9.97. The van der Waals surface area contributed by atoms with E-state index in [1.807, 2.05) is 6.92 Å². The number of nitrogens with one attached hydrogen (secondary N) is 1. The van der Waals surface area contributed by atoms with Crippen LogP contribution in [0.3, 0.4) is 0 Å². The van der Waals surface area contributed by atoms with Crippen molar-refractivity contribution in [1.82, 2.24) is 5.32 Å². The highest BCUT2D eigenvalue weighted by Crippen LogP contribution is 2.33. The van der Waals surface area contributed by atoms with E-state index in [2.05, 4.69) is 5.32 Å². The molecule has 0 radical (unpaired) electrons. The Morgan fingerprint density at radius 1 is 1.60 bits per heavy atom. The molecule has 0 bridgehead atoms. The summed E-state index contributed by atoms with van der Waals surface area (Å²) in [6, 6.07) is 5.94. The van der Waals surface area contributed by atoms with Gasteiger partial charge in [0.05, 0.1) is 0 Å². The first-order valence-corrected chi connectivity index (χ1v) is 6.96. The molecule has 1 saturated carbocycles. The smallest absolute Gasteiger partial charge is 0.324 e. The normalized spacial score (nSPS) is 25.6. The van der Waals surface area contributed by atoms with E-state index in [9.17, 15) is 14.3 Å². The number of carboxylic acid groups (broad SMARTS) is 1. The van der Waals surface area contributed by atoms with E-state index in [0.717, 1.165) is 6.42 Å². The molecule has 0 amide bonds. The minimum absolute atomic E-state index is 0.197. The molecule has 2 rings (SSSR count). The lowest BCUT2D eigenvalue weighted by Gasteiger charge is -2.25. The van der Waals surface area contributed by atoms with Gasteiger partial charge in [-0.1, -0.05) is 13.0 Å².